The Morgan fingerprint density at radius 1 is 0.974 bits per heavy atom. The lowest BCUT2D eigenvalue weighted by Gasteiger charge is -2.08. The van der Waals surface area contributed by atoms with Crippen LogP contribution in [0, 0.1) is 0 Å². The highest BCUT2D eigenvalue weighted by atomic mass is 35.5. The molecule has 0 spiro atoms. The molecule has 0 saturated carbocycles. The molecule has 39 heavy (non-hydrogen) atoms. The fraction of sp³-hybridized carbons (Fsp3) is 0.148. The minimum absolute atomic E-state index is 0.0150. The summed E-state index contributed by atoms with van der Waals surface area (Å²) in [6.07, 6.45) is -3.40. The second kappa shape index (κ2) is 10.6. The highest BCUT2D eigenvalue weighted by molar-refractivity contribution is 7.90. The standard InChI is InChI=1S/C27H20ClF3N2O4S2/c1-39(34,35)20-6-4-5-17(13-20)24-10-11-25(38-24)23-14-18(32-33(23)22-8-3-2-7-21(22)28)15-36-16-19-9-12-26(37-19)27(29,30)31/h2-14H,15-16H2,1H3. The number of alkyl halides is 3. The summed E-state index contributed by atoms with van der Waals surface area (Å²) in [5, 5.41) is 5.12. The minimum atomic E-state index is -4.56. The van der Waals surface area contributed by atoms with Gasteiger partial charge in [0.05, 0.1) is 38.5 Å². The molecule has 5 rings (SSSR count). The molecule has 0 aliphatic carbocycles. The molecule has 0 atom stereocenters. The lowest BCUT2D eigenvalue weighted by molar-refractivity contribution is -0.153. The van der Waals surface area contributed by atoms with Gasteiger partial charge in [-0.25, -0.2) is 13.1 Å². The summed E-state index contributed by atoms with van der Waals surface area (Å²) >= 11 is 7.91. The number of thiophene rings is 1. The summed E-state index contributed by atoms with van der Waals surface area (Å²) in [4.78, 5) is 1.93. The molecule has 6 nitrogen and oxygen atoms in total. The first-order valence-electron chi connectivity index (χ1n) is 11.5. The second-order valence-electron chi connectivity index (χ2n) is 8.60. The van der Waals surface area contributed by atoms with Crippen molar-refractivity contribution in [1.82, 2.24) is 9.78 Å². The van der Waals surface area contributed by atoms with Crippen LogP contribution in [0.4, 0.5) is 13.2 Å². The number of benzene rings is 2. The topological polar surface area (TPSA) is 74.3 Å². The molecule has 202 valence electrons. The molecule has 0 bridgehead atoms. The number of furan rings is 1. The van der Waals surface area contributed by atoms with Gasteiger partial charge in [0.25, 0.3) is 0 Å². The number of para-hydroxylation sites is 1. The number of rotatable bonds is 8. The Morgan fingerprint density at radius 2 is 1.74 bits per heavy atom. The number of aromatic nitrogens is 2. The smallest absolute Gasteiger partial charge is 0.449 e. The molecule has 0 radical (unpaired) electrons. The Kier molecular flexibility index (Phi) is 7.43. The van der Waals surface area contributed by atoms with E-state index in [2.05, 4.69) is 5.10 Å². The molecule has 0 aliphatic rings. The van der Waals surface area contributed by atoms with Gasteiger partial charge >= 0.3 is 6.18 Å². The average molecular weight is 593 g/mol. The van der Waals surface area contributed by atoms with Gasteiger partial charge in [-0.2, -0.15) is 18.3 Å². The molecular weight excluding hydrogens is 573 g/mol. The maximum Gasteiger partial charge on any atom is 0.449 e. The van der Waals surface area contributed by atoms with Gasteiger partial charge in [-0.15, -0.1) is 11.3 Å². The Labute approximate surface area is 231 Å². The molecule has 3 heterocycles. The minimum Gasteiger partial charge on any atom is -0.454 e. The van der Waals surface area contributed by atoms with E-state index in [1.54, 1.807) is 35.0 Å². The van der Waals surface area contributed by atoms with Gasteiger partial charge in [0, 0.05) is 11.1 Å². The zero-order valence-corrected chi connectivity index (χ0v) is 22.7. The van der Waals surface area contributed by atoms with Crippen LogP contribution in [0.25, 0.3) is 26.7 Å². The summed E-state index contributed by atoms with van der Waals surface area (Å²) in [7, 11) is -3.36. The fourth-order valence-corrected chi connectivity index (χ4v) is 5.74. The summed E-state index contributed by atoms with van der Waals surface area (Å²) < 4.78 is 74.5. The van der Waals surface area contributed by atoms with Gasteiger partial charge in [-0.1, -0.05) is 35.9 Å². The first-order valence-corrected chi connectivity index (χ1v) is 14.6. The molecular formula is C27H20ClF3N2O4S2. The summed E-state index contributed by atoms with van der Waals surface area (Å²) in [6, 6.07) is 21.6. The number of ether oxygens (including phenoxy) is 1. The van der Waals surface area contributed by atoms with Crippen molar-refractivity contribution in [1.29, 1.82) is 0 Å². The van der Waals surface area contributed by atoms with Gasteiger partial charge in [0.1, 0.15) is 12.4 Å². The van der Waals surface area contributed by atoms with E-state index in [1.165, 1.54) is 23.7 Å². The van der Waals surface area contributed by atoms with Crippen LogP contribution in [0.2, 0.25) is 5.02 Å². The van der Waals surface area contributed by atoms with Crippen LogP contribution < -0.4 is 0 Å². The summed E-state index contributed by atoms with van der Waals surface area (Å²) in [6.45, 7) is -0.147. The first-order chi connectivity index (χ1) is 18.5. The van der Waals surface area contributed by atoms with Gasteiger partial charge < -0.3 is 9.15 Å². The lowest BCUT2D eigenvalue weighted by Crippen LogP contribution is -2.02. The van der Waals surface area contributed by atoms with Gasteiger partial charge in [0.15, 0.2) is 9.84 Å². The van der Waals surface area contributed by atoms with Crippen molar-refractivity contribution in [2.24, 2.45) is 0 Å². The van der Waals surface area contributed by atoms with Crippen molar-refractivity contribution in [2.75, 3.05) is 6.26 Å². The lowest BCUT2D eigenvalue weighted by atomic mass is 10.2. The molecule has 0 aliphatic heterocycles. The van der Waals surface area contributed by atoms with Crippen molar-refractivity contribution < 1.29 is 30.7 Å². The van der Waals surface area contributed by atoms with Gasteiger partial charge in [0.2, 0.25) is 5.76 Å². The molecule has 0 amide bonds. The number of nitrogens with zero attached hydrogens (tertiary/aromatic N) is 2. The monoisotopic (exact) mass is 592 g/mol. The van der Waals surface area contributed by atoms with E-state index in [0.717, 1.165) is 27.1 Å². The van der Waals surface area contributed by atoms with Crippen LogP contribution in [0.15, 0.2) is 88.2 Å². The predicted molar refractivity (Wildman–Crippen MR) is 143 cm³/mol. The number of hydrogen-bond acceptors (Lipinski definition) is 6. The summed E-state index contributed by atoms with van der Waals surface area (Å²) in [5.74, 6) is -1.03. The molecule has 0 unspecified atom stereocenters. The highest BCUT2D eigenvalue weighted by Crippen LogP contribution is 2.37. The third-order valence-electron chi connectivity index (χ3n) is 5.68. The number of halogens is 4. The van der Waals surface area contributed by atoms with Crippen molar-refractivity contribution >= 4 is 32.8 Å². The van der Waals surface area contributed by atoms with E-state index in [9.17, 15) is 21.6 Å². The zero-order chi connectivity index (χ0) is 27.8. The van der Waals surface area contributed by atoms with Crippen LogP contribution in [-0.2, 0) is 34.0 Å². The molecule has 0 N–H and O–H groups in total. The quantitative estimate of drug-likeness (QED) is 0.185. The number of hydrogen-bond donors (Lipinski definition) is 0. The molecule has 3 aromatic heterocycles. The average Bonchev–Trinajstić information content (AvgIpc) is 3.63. The maximum absolute atomic E-state index is 12.8. The van der Waals surface area contributed by atoms with Crippen LogP contribution in [0.3, 0.4) is 0 Å². The Morgan fingerprint density at radius 3 is 2.46 bits per heavy atom. The predicted octanol–water partition coefficient (Wildman–Crippen LogP) is 7.65. The first kappa shape index (κ1) is 27.2. The molecule has 5 aromatic rings. The van der Waals surface area contributed by atoms with E-state index in [0.29, 0.717) is 16.4 Å². The van der Waals surface area contributed by atoms with Crippen molar-refractivity contribution in [2.45, 2.75) is 24.3 Å². The molecule has 0 saturated heterocycles. The van der Waals surface area contributed by atoms with Crippen molar-refractivity contribution in [3.63, 3.8) is 0 Å². The van der Waals surface area contributed by atoms with E-state index >= 15 is 0 Å². The zero-order valence-electron chi connectivity index (χ0n) is 20.3. The van der Waals surface area contributed by atoms with E-state index < -0.39 is 21.8 Å². The molecule has 12 heteroatoms. The highest BCUT2D eigenvalue weighted by Gasteiger charge is 2.34. The SMILES string of the molecule is CS(=O)(=O)c1cccc(-c2ccc(-c3cc(COCc4ccc(C(F)(F)F)o4)nn3-c3ccccc3Cl)s2)c1. The Balaban J connectivity index is 1.44. The largest absolute Gasteiger partial charge is 0.454 e. The maximum atomic E-state index is 12.8. The Bertz CT molecular complexity index is 1740. The third kappa shape index (κ3) is 6.11. The van der Waals surface area contributed by atoms with Crippen LogP contribution in [-0.4, -0.2) is 24.5 Å². The summed E-state index contributed by atoms with van der Waals surface area (Å²) in [5.41, 5.74) is 2.64. The van der Waals surface area contributed by atoms with Crippen LogP contribution in [0.1, 0.15) is 17.2 Å². The van der Waals surface area contributed by atoms with Gasteiger partial charge in [-0.3, -0.25) is 0 Å². The second-order valence-corrected chi connectivity index (χ2v) is 12.1. The van der Waals surface area contributed by atoms with E-state index in [-0.39, 0.29) is 23.9 Å². The van der Waals surface area contributed by atoms with E-state index in [4.69, 9.17) is 20.8 Å². The Hall–Kier alpha value is -3.38. The van der Waals surface area contributed by atoms with E-state index in [1.807, 2.05) is 36.4 Å². The normalized spacial score (nSPS) is 12.2. The molecule has 0 fully saturated rings. The van der Waals surface area contributed by atoms with Crippen LogP contribution >= 0.6 is 22.9 Å². The molecule has 2 aromatic carbocycles. The van der Waals surface area contributed by atoms with Gasteiger partial charge in [-0.05, 0) is 60.2 Å². The number of sulfone groups is 1. The van der Waals surface area contributed by atoms with Crippen molar-refractivity contribution in [3.8, 4) is 26.7 Å². The van der Waals surface area contributed by atoms with Crippen molar-refractivity contribution in [3.05, 3.63) is 101 Å². The van der Waals surface area contributed by atoms with Crippen LogP contribution in [0.5, 0.6) is 0 Å². The third-order valence-corrected chi connectivity index (χ3v) is 8.27. The fourth-order valence-electron chi connectivity index (χ4n) is 3.86.